The Balaban J connectivity index is 2.26. The number of nitrogens with one attached hydrogen (secondary N) is 1. The van der Waals surface area contributed by atoms with E-state index in [1.54, 1.807) is 0 Å². The third-order valence-electron chi connectivity index (χ3n) is 2.86. The number of carbonyl (C=O) groups excluding carboxylic acids is 2. The number of likely N-dealkylation sites (tertiary alicyclic amines) is 1. The quantitative estimate of drug-likeness (QED) is 0.739. The zero-order valence-corrected chi connectivity index (χ0v) is 10.0. The Kier molecular flexibility index (Phi) is 4.73. The van der Waals surface area contributed by atoms with Gasteiger partial charge >= 0.3 is 6.03 Å². The molecule has 2 atom stereocenters. The highest BCUT2D eigenvalue weighted by Gasteiger charge is 2.21. The molecule has 0 saturated carbocycles. The van der Waals surface area contributed by atoms with Crippen molar-refractivity contribution in [1.29, 1.82) is 0 Å². The molecule has 1 heterocycles. The Bertz CT molecular complexity index is 258. The van der Waals surface area contributed by atoms with Crippen LogP contribution in [0.25, 0.3) is 0 Å². The summed E-state index contributed by atoms with van der Waals surface area (Å²) < 4.78 is 0. The molecule has 1 aliphatic heterocycles. The lowest BCUT2D eigenvalue weighted by atomic mass is 9.92. The average Bonchev–Trinajstić information content (AvgIpc) is 2.12. The number of hydrogen-bond donors (Lipinski definition) is 2. The predicted molar refractivity (Wildman–Crippen MR) is 61.7 cm³/mol. The van der Waals surface area contributed by atoms with Gasteiger partial charge in [-0.15, -0.1) is 0 Å². The summed E-state index contributed by atoms with van der Waals surface area (Å²) in [5.41, 5.74) is 4.86. The van der Waals surface area contributed by atoms with Crippen LogP contribution in [0.2, 0.25) is 0 Å². The van der Waals surface area contributed by atoms with Crippen LogP contribution in [-0.4, -0.2) is 36.5 Å². The minimum atomic E-state index is -0.773. The van der Waals surface area contributed by atoms with Crippen LogP contribution in [0.4, 0.5) is 4.79 Å². The van der Waals surface area contributed by atoms with Gasteiger partial charge in [0.2, 0.25) is 5.91 Å². The van der Waals surface area contributed by atoms with Crippen LogP contribution in [0.15, 0.2) is 0 Å². The number of nitrogens with zero attached hydrogens (tertiary/aromatic N) is 1. The first-order valence-electron chi connectivity index (χ1n) is 5.79. The van der Waals surface area contributed by atoms with Gasteiger partial charge in [-0.1, -0.05) is 13.8 Å². The van der Waals surface area contributed by atoms with Crippen molar-refractivity contribution >= 4 is 11.9 Å². The highest BCUT2D eigenvalue weighted by Crippen LogP contribution is 2.20. The summed E-state index contributed by atoms with van der Waals surface area (Å²) in [6, 6.07) is -0.773. The summed E-state index contributed by atoms with van der Waals surface area (Å²) in [5, 5.41) is 2.08. The average molecular weight is 227 g/mol. The van der Waals surface area contributed by atoms with Gasteiger partial charge in [0.15, 0.2) is 0 Å². The number of amides is 3. The topological polar surface area (TPSA) is 75.4 Å². The van der Waals surface area contributed by atoms with E-state index in [4.69, 9.17) is 5.73 Å². The minimum Gasteiger partial charge on any atom is -0.351 e. The number of urea groups is 1. The van der Waals surface area contributed by atoms with Crippen molar-refractivity contribution in [1.82, 2.24) is 10.2 Å². The second-order valence-electron chi connectivity index (χ2n) is 4.87. The number of rotatable bonds is 3. The van der Waals surface area contributed by atoms with Crippen LogP contribution in [0, 0.1) is 11.8 Å². The Morgan fingerprint density at radius 3 is 2.38 bits per heavy atom. The van der Waals surface area contributed by atoms with Crippen LogP contribution in [-0.2, 0) is 4.79 Å². The Hall–Kier alpha value is -1.10. The Morgan fingerprint density at radius 1 is 1.31 bits per heavy atom. The summed E-state index contributed by atoms with van der Waals surface area (Å²) >= 11 is 0. The van der Waals surface area contributed by atoms with E-state index < -0.39 is 6.03 Å². The summed E-state index contributed by atoms with van der Waals surface area (Å²) in [7, 11) is 0. The predicted octanol–water partition coefficient (Wildman–Crippen LogP) is 0.549. The highest BCUT2D eigenvalue weighted by atomic mass is 16.2. The number of nitrogens with two attached hydrogens (primary N) is 1. The molecule has 0 aromatic carbocycles. The second-order valence-corrected chi connectivity index (χ2v) is 4.87. The van der Waals surface area contributed by atoms with E-state index in [-0.39, 0.29) is 5.91 Å². The normalized spacial score (nSPS) is 26.4. The molecule has 5 nitrogen and oxygen atoms in total. The number of imide groups is 1. The van der Waals surface area contributed by atoms with Crippen molar-refractivity contribution in [2.24, 2.45) is 17.6 Å². The van der Waals surface area contributed by atoms with Crippen LogP contribution in [0.1, 0.15) is 26.7 Å². The van der Waals surface area contributed by atoms with E-state index in [0.29, 0.717) is 24.8 Å². The summed E-state index contributed by atoms with van der Waals surface area (Å²) in [6.07, 6.45) is 1.59. The van der Waals surface area contributed by atoms with Crippen molar-refractivity contribution in [2.45, 2.75) is 26.7 Å². The highest BCUT2D eigenvalue weighted by molar-refractivity contribution is 5.93. The molecule has 1 aliphatic rings. The maximum absolute atomic E-state index is 11.2. The van der Waals surface area contributed by atoms with Gasteiger partial charge in [-0.3, -0.25) is 10.1 Å². The minimum absolute atomic E-state index is 0.293. The zero-order valence-electron chi connectivity index (χ0n) is 10.0. The second kappa shape index (κ2) is 5.84. The van der Waals surface area contributed by atoms with E-state index in [9.17, 15) is 9.59 Å². The van der Waals surface area contributed by atoms with Crippen LogP contribution >= 0.6 is 0 Å². The molecule has 0 aromatic rings. The van der Waals surface area contributed by atoms with Crippen LogP contribution < -0.4 is 11.1 Å². The van der Waals surface area contributed by atoms with Crippen LogP contribution in [0.5, 0.6) is 0 Å². The fraction of sp³-hybridized carbons (Fsp3) is 0.818. The van der Waals surface area contributed by atoms with E-state index in [1.807, 2.05) is 0 Å². The monoisotopic (exact) mass is 227 g/mol. The van der Waals surface area contributed by atoms with Gasteiger partial charge in [-0.05, 0) is 18.3 Å². The molecule has 0 spiro atoms. The lowest BCUT2D eigenvalue weighted by molar-refractivity contribution is -0.120. The molecule has 92 valence electrons. The molecule has 1 fully saturated rings. The van der Waals surface area contributed by atoms with Crippen LogP contribution in [0.3, 0.4) is 0 Å². The third kappa shape index (κ3) is 4.61. The van der Waals surface area contributed by atoms with Crippen molar-refractivity contribution in [3.05, 3.63) is 0 Å². The van der Waals surface area contributed by atoms with E-state index in [1.165, 1.54) is 6.42 Å². The largest absolute Gasteiger partial charge is 0.351 e. The SMILES string of the molecule is CC1CC(C)CN(CCC(=O)NC(N)=O)C1. The molecule has 1 saturated heterocycles. The molecule has 5 heteroatoms. The van der Waals surface area contributed by atoms with Gasteiger partial charge in [0.1, 0.15) is 0 Å². The number of piperidine rings is 1. The first-order valence-corrected chi connectivity index (χ1v) is 5.79. The summed E-state index contributed by atoms with van der Waals surface area (Å²) in [6.45, 7) is 7.23. The Labute approximate surface area is 96.4 Å². The molecule has 16 heavy (non-hydrogen) atoms. The molecule has 1 rings (SSSR count). The molecular formula is C11H21N3O2. The fourth-order valence-electron chi connectivity index (χ4n) is 2.43. The van der Waals surface area contributed by atoms with E-state index >= 15 is 0 Å². The van der Waals surface area contributed by atoms with Crippen molar-refractivity contribution in [2.75, 3.05) is 19.6 Å². The van der Waals surface area contributed by atoms with Gasteiger partial charge in [-0.25, -0.2) is 4.79 Å². The first-order chi connectivity index (χ1) is 7.47. The first kappa shape index (κ1) is 13.0. The molecule has 0 aliphatic carbocycles. The van der Waals surface area contributed by atoms with Crippen molar-refractivity contribution in [3.8, 4) is 0 Å². The standard InChI is InChI=1S/C11H21N3O2/c1-8-5-9(2)7-14(6-8)4-3-10(15)13-11(12)16/h8-9H,3-7H2,1-2H3,(H3,12,13,15,16). The van der Waals surface area contributed by atoms with Gasteiger partial charge < -0.3 is 10.6 Å². The molecule has 3 amide bonds. The smallest absolute Gasteiger partial charge is 0.318 e. The maximum atomic E-state index is 11.2. The number of hydrogen-bond acceptors (Lipinski definition) is 3. The summed E-state index contributed by atoms with van der Waals surface area (Å²) in [4.78, 5) is 23.9. The van der Waals surface area contributed by atoms with Crippen molar-refractivity contribution < 1.29 is 9.59 Å². The van der Waals surface area contributed by atoms with Crippen molar-refractivity contribution in [3.63, 3.8) is 0 Å². The lowest BCUT2D eigenvalue weighted by Crippen LogP contribution is -2.42. The van der Waals surface area contributed by atoms with E-state index in [0.717, 1.165) is 13.1 Å². The van der Waals surface area contributed by atoms with Gasteiger partial charge in [0.05, 0.1) is 0 Å². The molecule has 0 aromatic heterocycles. The molecule has 0 radical (unpaired) electrons. The van der Waals surface area contributed by atoms with Gasteiger partial charge in [0.25, 0.3) is 0 Å². The molecule has 2 unspecified atom stereocenters. The number of primary amides is 1. The zero-order chi connectivity index (χ0) is 12.1. The molecular weight excluding hydrogens is 206 g/mol. The third-order valence-corrected chi connectivity index (χ3v) is 2.86. The Morgan fingerprint density at radius 2 is 1.88 bits per heavy atom. The fourth-order valence-corrected chi connectivity index (χ4v) is 2.43. The van der Waals surface area contributed by atoms with Gasteiger partial charge in [0, 0.05) is 26.1 Å². The van der Waals surface area contributed by atoms with Gasteiger partial charge in [-0.2, -0.15) is 0 Å². The maximum Gasteiger partial charge on any atom is 0.318 e. The van der Waals surface area contributed by atoms with E-state index in [2.05, 4.69) is 24.1 Å². The molecule has 3 N–H and O–H groups in total. The number of carbonyl (C=O) groups is 2. The summed E-state index contributed by atoms with van der Waals surface area (Å²) in [5.74, 6) is 1.07. The lowest BCUT2D eigenvalue weighted by Gasteiger charge is -2.34. The molecule has 0 bridgehead atoms.